The van der Waals surface area contributed by atoms with E-state index in [0.29, 0.717) is 17.9 Å². The summed E-state index contributed by atoms with van der Waals surface area (Å²) in [5.41, 5.74) is 3.68. The van der Waals surface area contributed by atoms with Crippen molar-refractivity contribution in [3.63, 3.8) is 0 Å². The van der Waals surface area contributed by atoms with E-state index in [9.17, 15) is 5.11 Å². The van der Waals surface area contributed by atoms with Crippen LogP contribution in [0.2, 0.25) is 0 Å². The standard InChI is InChI=1S/C22H21BrN4O2/c23-17-10-20-22(25-12-17)27-21(26-20)16-6-8-19(9-7-16)29-14-18(28)13-24-11-15-4-2-1-3-5-15/h1-10,12,18,24,28H,11,13-14H2,(H,25,26,27). The fraction of sp³-hybridized carbons (Fsp3) is 0.182. The lowest BCUT2D eigenvalue weighted by atomic mass is 10.2. The number of nitrogens with one attached hydrogen (secondary N) is 2. The highest BCUT2D eigenvalue weighted by Gasteiger charge is 2.08. The summed E-state index contributed by atoms with van der Waals surface area (Å²) in [5.74, 6) is 1.45. The molecule has 0 radical (unpaired) electrons. The first-order valence-electron chi connectivity index (χ1n) is 9.34. The van der Waals surface area contributed by atoms with E-state index in [4.69, 9.17) is 4.74 Å². The van der Waals surface area contributed by atoms with E-state index in [1.807, 2.05) is 60.7 Å². The van der Waals surface area contributed by atoms with Gasteiger partial charge >= 0.3 is 0 Å². The van der Waals surface area contributed by atoms with Gasteiger partial charge in [0, 0.05) is 29.3 Å². The average Bonchev–Trinajstić information content (AvgIpc) is 3.16. The van der Waals surface area contributed by atoms with Crippen LogP contribution in [-0.2, 0) is 6.54 Å². The van der Waals surface area contributed by atoms with Crippen LogP contribution in [0.1, 0.15) is 5.56 Å². The van der Waals surface area contributed by atoms with Crippen molar-refractivity contribution in [1.82, 2.24) is 20.3 Å². The highest BCUT2D eigenvalue weighted by molar-refractivity contribution is 9.10. The van der Waals surface area contributed by atoms with Crippen LogP contribution in [0.25, 0.3) is 22.6 Å². The van der Waals surface area contributed by atoms with Gasteiger partial charge in [0.2, 0.25) is 0 Å². The maximum atomic E-state index is 10.1. The topological polar surface area (TPSA) is 83.1 Å². The number of imidazole rings is 1. The highest BCUT2D eigenvalue weighted by Crippen LogP contribution is 2.23. The molecule has 2 heterocycles. The largest absolute Gasteiger partial charge is 0.491 e. The van der Waals surface area contributed by atoms with Crippen molar-refractivity contribution in [2.75, 3.05) is 13.2 Å². The number of aromatic nitrogens is 3. The van der Waals surface area contributed by atoms with Crippen LogP contribution in [0, 0.1) is 0 Å². The van der Waals surface area contributed by atoms with Crippen LogP contribution in [-0.4, -0.2) is 39.3 Å². The SMILES string of the molecule is OC(CNCc1ccccc1)COc1ccc(-c2nc3ncc(Br)cc3[nH]2)cc1. The number of nitrogens with zero attached hydrogens (tertiary/aromatic N) is 2. The average molecular weight is 453 g/mol. The monoisotopic (exact) mass is 452 g/mol. The lowest BCUT2D eigenvalue weighted by Crippen LogP contribution is -2.31. The second-order valence-corrected chi connectivity index (χ2v) is 7.63. The molecule has 0 spiro atoms. The molecule has 2 aromatic carbocycles. The van der Waals surface area contributed by atoms with Gasteiger partial charge in [0.25, 0.3) is 0 Å². The van der Waals surface area contributed by atoms with Gasteiger partial charge in [0.1, 0.15) is 24.3 Å². The fourth-order valence-electron chi connectivity index (χ4n) is 2.95. The first-order chi connectivity index (χ1) is 14.2. The van der Waals surface area contributed by atoms with Crippen LogP contribution in [0.3, 0.4) is 0 Å². The predicted octanol–water partition coefficient (Wildman–Crippen LogP) is 3.92. The molecule has 0 amide bonds. The van der Waals surface area contributed by atoms with Gasteiger partial charge in [-0.25, -0.2) is 9.97 Å². The Balaban J connectivity index is 1.28. The van der Waals surface area contributed by atoms with Crippen LogP contribution < -0.4 is 10.1 Å². The van der Waals surface area contributed by atoms with Gasteiger partial charge in [-0.1, -0.05) is 30.3 Å². The van der Waals surface area contributed by atoms with Crippen molar-refractivity contribution in [2.45, 2.75) is 12.6 Å². The van der Waals surface area contributed by atoms with Gasteiger partial charge in [-0.2, -0.15) is 0 Å². The second-order valence-electron chi connectivity index (χ2n) is 6.72. The van der Waals surface area contributed by atoms with Gasteiger partial charge in [0.05, 0.1) is 5.52 Å². The Morgan fingerprint density at radius 2 is 1.90 bits per heavy atom. The lowest BCUT2D eigenvalue weighted by molar-refractivity contribution is 0.106. The summed E-state index contributed by atoms with van der Waals surface area (Å²) < 4.78 is 6.60. The fourth-order valence-corrected chi connectivity index (χ4v) is 3.28. The van der Waals surface area contributed by atoms with E-state index < -0.39 is 6.10 Å². The maximum Gasteiger partial charge on any atom is 0.178 e. The van der Waals surface area contributed by atoms with Gasteiger partial charge < -0.3 is 20.1 Å². The summed E-state index contributed by atoms with van der Waals surface area (Å²) in [5, 5.41) is 13.3. The Kier molecular flexibility index (Phi) is 6.19. The van der Waals surface area contributed by atoms with E-state index >= 15 is 0 Å². The highest BCUT2D eigenvalue weighted by atomic mass is 79.9. The molecule has 0 fully saturated rings. The number of aliphatic hydroxyl groups is 1. The van der Waals surface area contributed by atoms with Gasteiger partial charge in [-0.05, 0) is 51.8 Å². The van der Waals surface area contributed by atoms with Crippen molar-refractivity contribution in [3.8, 4) is 17.1 Å². The molecule has 1 atom stereocenters. The lowest BCUT2D eigenvalue weighted by Gasteiger charge is -2.13. The number of halogens is 1. The maximum absolute atomic E-state index is 10.1. The van der Waals surface area contributed by atoms with Crippen molar-refractivity contribution < 1.29 is 9.84 Å². The van der Waals surface area contributed by atoms with Gasteiger partial charge in [-0.15, -0.1) is 0 Å². The van der Waals surface area contributed by atoms with Crippen molar-refractivity contribution in [2.24, 2.45) is 0 Å². The number of hydrogen-bond donors (Lipinski definition) is 3. The molecule has 4 aromatic rings. The zero-order valence-electron chi connectivity index (χ0n) is 15.7. The molecule has 0 aliphatic heterocycles. The molecule has 7 heteroatoms. The Bertz CT molecular complexity index is 1070. The van der Waals surface area contributed by atoms with E-state index in [2.05, 4.69) is 36.2 Å². The number of hydrogen-bond acceptors (Lipinski definition) is 5. The molecule has 0 aliphatic carbocycles. The third kappa shape index (κ3) is 5.20. The first-order valence-corrected chi connectivity index (χ1v) is 10.1. The first kappa shape index (κ1) is 19.6. The number of aromatic amines is 1. The molecule has 1 unspecified atom stereocenters. The molecule has 29 heavy (non-hydrogen) atoms. The second kappa shape index (κ2) is 9.17. The third-order valence-corrected chi connectivity index (χ3v) is 4.86. The van der Waals surface area contributed by atoms with E-state index in [-0.39, 0.29) is 6.61 Å². The quantitative estimate of drug-likeness (QED) is 0.377. The smallest absolute Gasteiger partial charge is 0.178 e. The molecule has 0 saturated heterocycles. The molecule has 2 aromatic heterocycles. The molecule has 148 valence electrons. The van der Waals surface area contributed by atoms with Crippen LogP contribution in [0.15, 0.2) is 71.3 Å². The minimum absolute atomic E-state index is 0.226. The molecule has 0 saturated carbocycles. The zero-order valence-corrected chi connectivity index (χ0v) is 17.3. The van der Waals surface area contributed by atoms with Gasteiger partial charge in [0.15, 0.2) is 5.65 Å². The third-order valence-electron chi connectivity index (χ3n) is 4.43. The molecule has 0 bridgehead atoms. The summed E-state index contributed by atoms with van der Waals surface area (Å²) in [4.78, 5) is 12.1. The minimum Gasteiger partial charge on any atom is -0.491 e. The van der Waals surface area contributed by atoms with Crippen LogP contribution >= 0.6 is 15.9 Å². The van der Waals surface area contributed by atoms with Crippen molar-refractivity contribution >= 4 is 27.1 Å². The predicted molar refractivity (Wildman–Crippen MR) is 117 cm³/mol. The van der Waals surface area contributed by atoms with Crippen molar-refractivity contribution in [1.29, 1.82) is 0 Å². The summed E-state index contributed by atoms with van der Waals surface area (Å²) >= 11 is 3.41. The Hall–Kier alpha value is -2.74. The summed E-state index contributed by atoms with van der Waals surface area (Å²) in [6, 6.07) is 19.6. The molecule has 3 N–H and O–H groups in total. The zero-order chi connectivity index (χ0) is 20.1. The van der Waals surface area contributed by atoms with Crippen molar-refractivity contribution in [3.05, 3.63) is 76.9 Å². The summed E-state index contributed by atoms with van der Waals surface area (Å²) in [6.45, 7) is 1.41. The van der Waals surface area contributed by atoms with E-state index in [0.717, 1.165) is 27.9 Å². The minimum atomic E-state index is -0.585. The molecule has 0 aliphatic rings. The number of H-pyrrole nitrogens is 1. The summed E-state index contributed by atoms with van der Waals surface area (Å²) in [7, 11) is 0. The van der Waals surface area contributed by atoms with Crippen LogP contribution in [0.5, 0.6) is 5.75 Å². The number of fused-ring (bicyclic) bond motifs is 1. The number of rotatable bonds is 8. The van der Waals surface area contributed by atoms with E-state index in [1.54, 1.807) is 6.20 Å². The van der Waals surface area contributed by atoms with Gasteiger partial charge in [-0.3, -0.25) is 0 Å². The molecule has 4 rings (SSSR count). The Morgan fingerprint density at radius 3 is 2.69 bits per heavy atom. The number of benzene rings is 2. The number of pyridine rings is 1. The van der Waals surface area contributed by atoms with E-state index in [1.165, 1.54) is 5.56 Å². The molecule has 6 nitrogen and oxygen atoms in total. The normalized spacial score (nSPS) is 12.2. The Morgan fingerprint density at radius 1 is 1.10 bits per heavy atom. The number of ether oxygens (including phenoxy) is 1. The summed E-state index contributed by atoms with van der Waals surface area (Å²) in [6.07, 6.45) is 1.14. The number of aliphatic hydroxyl groups excluding tert-OH is 1. The molecular formula is C22H21BrN4O2. The van der Waals surface area contributed by atoms with Crippen LogP contribution in [0.4, 0.5) is 0 Å². The molecular weight excluding hydrogens is 432 g/mol. The Labute approximate surface area is 177 Å².